The van der Waals surface area contributed by atoms with Gasteiger partial charge in [0, 0.05) is 17.7 Å². The summed E-state index contributed by atoms with van der Waals surface area (Å²) in [5, 5.41) is 4.58. The number of benzene rings is 1. The van der Waals surface area contributed by atoms with Crippen molar-refractivity contribution in [2.24, 2.45) is 0 Å². The van der Waals surface area contributed by atoms with Gasteiger partial charge in [0.2, 0.25) is 5.71 Å². The van der Waals surface area contributed by atoms with Crippen LogP contribution in [0.4, 0.5) is 0 Å². The molecule has 0 aliphatic carbocycles. The number of rotatable bonds is 4. The van der Waals surface area contributed by atoms with Gasteiger partial charge in [0.1, 0.15) is 23.0 Å². The SMILES string of the molecule is CCc1cc2oc(C)c(-c3ccc(OC)cc3OC)n2n1. The molecule has 2 aromatic heterocycles. The molecule has 0 aliphatic heterocycles. The number of methoxy groups -OCH3 is 2. The standard InChI is InChI=1S/C16H18N2O3/c1-5-11-8-15-18(17-11)16(10(2)21-15)13-7-6-12(19-3)9-14(13)20-4/h6-9H,5H2,1-4H3. The van der Waals surface area contributed by atoms with Crippen LogP contribution >= 0.6 is 0 Å². The summed E-state index contributed by atoms with van der Waals surface area (Å²) in [6.45, 7) is 4.00. The zero-order valence-corrected chi connectivity index (χ0v) is 12.6. The molecule has 0 unspecified atom stereocenters. The van der Waals surface area contributed by atoms with Gasteiger partial charge in [-0.25, -0.2) is 0 Å². The molecule has 2 heterocycles. The van der Waals surface area contributed by atoms with Crippen LogP contribution in [0.25, 0.3) is 17.0 Å². The number of hydrogen-bond acceptors (Lipinski definition) is 4. The van der Waals surface area contributed by atoms with Gasteiger partial charge < -0.3 is 13.9 Å². The lowest BCUT2D eigenvalue weighted by atomic mass is 10.1. The third kappa shape index (κ3) is 2.14. The first-order valence-corrected chi connectivity index (χ1v) is 6.88. The average molecular weight is 286 g/mol. The van der Waals surface area contributed by atoms with Crippen LogP contribution in [0, 0.1) is 6.92 Å². The fourth-order valence-electron chi connectivity index (χ4n) is 2.47. The first-order valence-electron chi connectivity index (χ1n) is 6.88. The summed E-state index contributed by atoms with van der Waals surface area (Å²) in [6.07, 6.45) is 0.870. The van der Waals surface area contributed by atoms with Crippen molar-refractivity contribution in [3.63, 3.8) is 0 Å². The van der Waals surface area contributed by atoms with E-state index in [1.807, 2.05) is 35.7 Å². The molecular formula is C16H18N2O3. The summed E-state index contributed by atoms with van der Waals surface area (Å²) in [5.41, 5.74) is 3.59. The summed E-state index contributed by atoms with van der Waals surface area (Å²) >= 11 is 0. The Morgan fingerprint density at radius 2 is 2.00 bits per heavy atom. The largest absolute Gasteiger partial charge is 0.497 e. The Kier molecular flexibility index (Phi) is 3.33. The molecule has 21 heavy (non-hydrogen) atoms. The first-order chi connectivity index (χ1) is 10.2. The Labute approximate surface area is 123 Å². The van der Waals surface area contributed by atoms with Crippen LogP contribution in [0.2, 0.25) is 0 Å². The van der Waals surface area contributed by atoms with Gasteiger partial charge in [0.05, 0.1) is 19.9 Å². The number of aryl methyl sites for hydroxylation is 2. The van der Waals surface area contributed by atoms with Crippen molar-refractivity contribution in [1.82, 2.24) is 9.61 Å². The smallest absolute Gasteiger partial charge is 0.222 e. The molecule has 5 heteroatoms. The van der Waals surface area contributed by atoms with Gasteiger partial charge in [-0.05, 0) is 25.5 Å². The highest BCUT2D eigenvalue weighted by atomic mass is 16.5. The van der Waals surface area contributed by atoms with Gasteiger partial charge in [0.25, 0.3) is 0 Å². The van der Waals surface area contributed by atoms with E-state index in [1.54, 1.807) is 14.2 Å². The van der Waals surface area contributed by atoms with Gasteiger partial charge in [-0.2, -0.15) is 9.61 Å². The van der Waals surface area contributed by atoms with Crippen molar-refractivity contribution in [2.45, 2.75) is 20.3 Å². The molecule has 0 N–H and O–H groups in total. The maximum Gasteiger partial charge on any atom is 0.222 e. The van der Waals surface area contributed by atoms with Crippen LogP contribution in [-0.4, -0.2) is 23.8 Å². The molecular weight excluding hydrogens is 268 g/mol. The molecule has 0 spiro atoms. The Balaban J connectivity index is 2.23. The lowest BCUT2D eigenvalue weighted by Gasteiger charge is -2.09. The lowest BCUT2D eigenvalue weighted by molar-refractivity contribution is 0.395. The van der Waals surface area contributed by atoms with E-state index < -0.39 is 0 Å². The number of ether oxygens (including phenoxy) is 2. The van der Waals surface area contributed by atoms with Crippen molar-refractivity contribution < 1.29 is 13.9 Å². The van der Waals surface area contributed by atoms with Crippen LogP contribution in [0.1, 0.15) is 18.4 Å². The highest BCUT2D eigenvalue weighted by Gasteiger charge is 2.19. The third-order valence-corrected chi connectivity index (χ3v) is 3.56. The second-order valence-corrected chi connectivity index (χ2v) is 4.81. The van der Waals surface area contributed by atoms with Gasteiger partial charge in [-0.15, -0.1) is 0 Å². The third-order valence-electron chi connectivity index (χ3n) is 3.56. The average Bonchev–Trinajstić information content (AvgIpc) is 3.02. The van der Waals surface area contributed by atoms with E-state index in [-0.39, 0.29) is 0 Å². The Morgan fingerprint density at radius 3 is 2.67 bits per heavy atom. The molecule has 1 aromatic carbocycles. The minimum absolute atomic E-state index is 0.730. The normalized spacial score (nSPS) is 11.0. The van der Waals surface area contributed by atoms with Gasteiger partial charge in [0.15, 0.2) is 0 Å². The van der Waals surface area contributed by atoms with E-state index in [0.29, 0.717) is 0 Å². The molecule has 0 saturated carbocycles. The zero-order chi connectivity index (χ0) is 15.0. The minimum Gasteiger partial charge on any atom is -0.497 e. The molecule has 3 aromatic rings. The van der Waals surface area contributed by atoms with Crippen molar-refractivity contribution in [3.05, 3.63) is 35.7 Å². The molecule has 110 valence electrons. The predicted octanol–water partition coefficient (Wildman–Crippen LogP) is 3.48. The van der Waals surface area contributed by atoms with E-state index in [2.05, 4.69) is 12.0 Å². The summed E-state index contributed by atoms with van der Waals surface area (Å²) in [6, 6.07) is 7.69. The second-order valence-electron chi connectivity index (χ2n) is 4.81. The lowest BCUT2D eigenvalue weighted by Crippen LogP contribution is -1.96. The Bertz CT molecular complexity index is 786. The first kappa shape index (κ1) is 13.5. The van der Waals surface area contributed by atoms with Gasteiger partial charge >= 0.3 is 0 Å². The van der Waals surface area contributed by atoms with Crippen LogP contribution in [0.5, 0.6) is 11.5 Å². The monoisotopic (exact) mass is 286 g/mol. The highest BCUT2D eigenvalue weighted by molar-refractivity contribution is 5.72. The van der Waals surface area contributed by atoms with E-state index >= 15 is 0 Å². The zero-order valence-electron chi connectivity index (χ0n) is 12.6. The second kappa shape index (κ2) is 5.16. The van der Waals surface area contributed by atoms with Crippen LogP contribution < -0.4 is 9.47 Å². The maximum absolute atomic E-state index is 5.81. The fourth-order valence-corrected chi connectivity index (χ4v) is 2.47. The summed E-state index contributed by atoms with van der Waals surface area (Å²) in [5.74, 6) is 2.29. The maximum atomic E-state index is 5.81. The molecule has 0 bridgehead atoms. The molecule has 5 nitrogen and oxygen atoms in total. The molecule has 0 atom stereocenters. The number of hydrogen-bond donors (Lipinski definition) is 0. The minimum atomic E-state index is 0.730. The van der Waals surface area contributed by atoms with E-state index in [9.17, 15) is 0 Å². The molecule has 0 amide bonds. The molecule has 0 radical (unpaired) electrons. The van der Waals surface area contributed by atoms with Crippen LogP contribution in [-0.2, 0) is 6.42 Å². The fraction of sp³-hybridized carbons (Fsp3) is 0.312. The Morgan fingerprint density at radius 1 is 1.19 bits per heavy atom. The van der Waals surface area contributed by atoms with Crippen molar-refractivity contribution in [1.29, 1.82) is 0 Å². The number of aromatic nitrogens is 2. The van der Waals surface area contributed by atoms with E-state index in [0.717, 1.165) is 46.3 Å². The number of nitrogens with zero attached hydrogens (tertiary/aromatic N) is 2. The summed E-state index contributed by atoms with van der Waals surface area (Å²) in [4.78, 5) is 0. The van der Waals surface area contributed by atoms with Crippen molar-refractivity contribution >= 4 is 5.71 Å². The number of fused-ring (bicyclic) bond motifs is 1. The van der Waals surface area contributed by atoms with Gasteiger partial charge in [-0.3, -0.25) is 0 Å². The Hall–Kier alpha value is -2.43. The molecule has 3 rings (SSSR count). The van der Waals surface area contributed by atoms with Gasteiger partial charge in [-0.1, -0.05) is 6.92 Å². The summed E-state index contributed by atoms with van der Waals surface area (Å²) < 4.78 is 18.4. The number of oxazole rings is 1. The van der Waals surface area contributed by atoms with Crippen LogP contribution in [0.15, 0.2) is 28.7 Å². The molecule has 0 saturated heterocycles. The quantitative estimate of drug-likeness (QED) is 0.736. The molecule has 0 fully saturated rings. The van der Waals surface area contributed by atoms with E-state index in [4.69, 9.17) is 13.9 Å². The highest BCUT2D eigenvalue weighted by Crippen LogP contribution is 2.36. The van der Waals surface area contributed by atoms with Crippen LogP contribution in [0.3, 0.4) is 0 Å². The predicted molar refractivity (Wildman–Crippen MR) is 80.1 cm³/mol. The topological polar surface area (TPSA) is 48.9 Å². The summed E-state index contributed by atoms with van der Waals surface area (Å²) in [7, 11) is 3.28. The molecule has 0 aliphatic rings. The van der Waals surface area contributed by atoms with Crippen molar-refractivity contribution in [3.8, 4) is 22.8 Å². The van der Waals surface area contributed by atoms with E-state index in [1.165, 1.54) is 0 Å². The van der Waals surface area contributed by atoms with Crippen molar-refractivity contribution in [2.75, 3.05) is 14.2 Å².